The molecule has 96 valence electrons. The second kappa shape index (κ2) is 4.17. The second-order valence-corrected chi connectivity index (χ2v) is 6.18. The molecule has 19 heavy (non-hydrogen) atoms. The fourth-order valence-electron chi connectivity index (χ4n) is 2.67. The van der Waals surface area contributed by atoms with Crippen LogP contribution in [0.1, 0.15) is 22.3 Å². The Morgan fingerprint density at radius 3 is 2.21 bits per heavy atom. The van der Waals surface area contributed by atoms with Crippen molar-refractivity contribution < 1.29 is 0 Å². The molecule has 1 heterocycles. The molecule has 0 atom stereocenters. The van der Waals surface area contributed by atoms with Gasteiger partial charge in [0.15, 0.2) is 5.43 Å². The molecule has 0 saturated heterocycles. The predicted octanol–water partition coefficient (Wildman–Crippen LogP) is 4.65. The maximum atomic E-state index is 12.7. The van der Waals surface area contributed by atoms with Gasteiger partial charge in [0, 0.05) is 20.2 Å². The van der Waals surface area contributed by atoms with Gasteiger partial charge in [-0.05, 0) is 62.1 Å². The molecule has 0 amide bonds. The van der Waals surface area contributed by atoms with Crippen LogP contribution in [0.4, 0.5) is 0 Å². The Morgan fingerprint density at radius 2 is 1.47 bits per heavy atom. The minimum atomic E-state index is 0.174. The van der Waals surface area contributed by atoms with Gasteiger partial charge in [-0.15, -0.1) is 11.3 Å². The first kappa shape index (κ1) is 12.4. The van der Waals surface area contributed by atoms with Crippen molar-refractivity contribution in [2.24, 2.45) is 0 Å². The van der Waals surface area contributed by atoms with Gasteiger partial charge in [0.05, 0.1) is 0 Å². The van der Waals surface area contributed by atoms with Crippen molar-refractivity contribution in [1.29, 1.82) is 0 Å². The van der Waals surface area contributed by atoms with Crippen molar-refractivity contribution in [3.63, 3.8) is 0 Å². The molecular weight excluding hydrogens is 252 g/mol. The maximum absolute atomic E-state index is 12.7. The van der Waals surface area contributed by atoms with Gasteiger partial charge in [-0.2, -0.15) is 0 Å². The van der Waals surface area contributed by atoms with Crippen LogP contribution in [0.2, 0.25) is 0 Å². The van der Waals surface area contributed by atoms with Crippen LogP contribution in [0.3, 0.4) is 0 Å². The fraction of sp³-hybridized carbons (Fsp3) is 0.235. The number of fused-ring (bicyclic) bond motifs is 2. The summed E-state index contributed by atoms with van der Waals surface area (Å²) in [6.45, 7) is 8.43. The molecule has 0 fully saturated rings. The van der Waals surface area contributed by atoms with E-state index in [1.165, 1.54) is 16.7 Å². The third kappa shape index (κ3) is 1.63. The Labute approximate surface area is 116 Å². The molecule has 1 nitrogen and oxygen atoms in total. The van der Waals surface area contributed by atoms with Crippen LogP contribution >= 0.6 is 11.3 Å². The van der Waals surface area contributed by atoms with Crippen LogP contribution in [0.5, 0.6) is 0 Å². The van der Waals surface area contributed by atoms with E-state index in [1.54, 1.807) is 11.3 Å². The molecule has 1 aromatic heterocycles. The summed E-state index contributed by atoms with van der Waals surface area (Å²) in [6, 6.07) is 7.89. The van der Waals surface area contributed by atoms with Crippen LogP contribution in [0.15, 0.2) is 29.1 Å². The summed E-state index contributed by atoms with van der Waals surface area (Å²) in [5.41, 5.74) is 5.09. The minimum Gasteiger partial charge on any atom is -0.288 e. The van der Waals surface area contributed by atoms with Crippen molar-refractivity contribution in [2.75, 3.05) is 0 Å². The van der Waals surface area contributed by atoms with Crippen LogP contribution in [-0.4, -0.2) is 0 Å². The van der Waals surface area contributed by atoms with Crippen LogP contribution in [-0.2, 0) is 0 Å². The molecule has 2 heteroatoms. The summed E-state index contributed by atoms with van der Waals surface area (Å²) in [5.74, 6) is 0. The quantitative estimate of drug-likeness (QED) is 0.542. The van der Waals surface area contributed by atoms with Gasteiger partial charge in [0.25, 0.3) is 0 Å². The lowest BCUT2D eigenvalue weighted by molar-refractivity contribution is 1.25. The van der Waals surface area contributed by atoms with Gasteiger partial charge in [-0.25, -0.2) is 0 Å². The van der Waals surface area contributed by atoms with Gasteiger partial charge in [0.2, 0.25) is 0 Å². The van der Waals surface area contributed by atoms with Gasteiger partial charge in [-0.1, -0.05) is 12.1 Å². The fourth-order valence-corrected chi connectivity index (χ4v) is 3.96. The lowest BCUT2D eigenvalue weighted by Gasteiger charge is -2.13. The van der Waals surface area contributed by atoms with Crippen molar-refractivity contribution in [3.05, 3.63) is 56.7 Å². The SMILES string of the molecule is Cc1c(C)c(C)c2c(=O)c3ccccc3sc2c1C. The molecule has 0 radical (unpaired) electrons. The summed E-state index contributed by atoms with van der Waals surface area (Å²) >= 11 is 1.73. The standard InChI is InChI=1S/C17H16OS/c1-9-10(2)12(4)17-15(11(9)3)16(18)13-7-5-6-8-14(13)19-17/h5-8H,1-4H3. The molecule has 2 aromatic carbocycles. The molecule has 0 aliphatic heterocycles. The summed E-state index contributed by atoms with van der Waals surface area (Å²) in [5, 5.41) is 1.75. The van der Waals surface area contributed by atoms with Crippen molar-refractivity contribution in [1.82, 2.24) is 0 Å². The first-order valence-corrected chi connectivity index (χ1v) is 7.26. The lowest BCUT2D eigenvalue weighted by Crippen LogP contribution is -2.06. The van der Waals surface area contributed by atoms with E-state index >= 15 is 0 Å². The highest BCUT2D eigenvalue weighted by molar-refractivity contribution is 7.24. The third-order valence-corrected chi connectivity index (χ3v) is 5.49. The highest BCUT2D eigenvalue weighted by Gasteiger charge is 2.14. The van der Waals surface area contributed by atoms with Crippen LogP contribution in [0, 0.1) is 27.7 Å². The van der Waals surface area contributed by atoms with Gasteiger partial charge >= 0.3 is 0 Å². The molecule has 0 saturated carbocycles. The zero-order valence-corrected chi connectivity index (χ0v) is 12.4. The zero-order valence-electron chi connectivity index (χ0n) is 11.6. The van der Waals surface area contributed by atoms with E-state index in [2.05, 4.69) is 27.7 Å². The van der Waals surface area contributed by atoms with Gasteiger partial charge in [-0.3, -0.25) is 4.79 Å². The number of rotatable bonds is 0. The molecule has 0 unspecified atom stereocenters. The van der Waals surface area contributed by atoms with E-state index in [0.29, 0.717) is 0 Å². The average molecular weight is 268 g/mol. The smallest absolute Gasteiger partial charge is 0.196 e. The number of hydrogen-bond donors (Lipinski definition) is 0. The van der Waals surface area contributed by atoms with Crippen molar-refractivity contribution in [3.8, 4) is 0 Å². The highest BCUT2D eigenvalue weighted by atomic mass is 32.1. The Bertz CT molecular complexity index is 872. The monoisotopic (exact) mass is 268 g/mol. The van der Waals surface area contributed by atoms with E-state index < -0.39 is 0 Å². The normalized spacial score (nSPS) is 11.4. The van der Waals surface area contributed by atoms with E-state index in [-0.39, 0.29) is 5.43 Å². The van der Waals surface area contributed by atoms with E-state index in [1.807, 2.05) is 24.3 Å². The first-order valence-electron chi connectivity index (χ1n) is 6.44. The zero-order chi connectivity index (χ0) is 13.7. The molecule has 3 rings (SSSR count). The Kier molecular flexibility index (Phi) is 2.72. The predicted molar refractivity (Wildman–Crippen MR) is 84.5 cm³/mol. The second-order valence-electron chi connectivity index (χ2n) is 5.13. The number of benzene rings is 2. The Morgan fingerprint density at radius 1 is 0.842 bits per heavy atom. The van der Waals surface area contributed by atoms with E-state index in [9.17, 15) is 4.79 Å². The number of aryl methyl sites for hydroxylation is 2. The molecule has 0 aliphatic carbocycles. The largest absolute Gasteiger partial charge is 0.288 e. The van der Waals surface area contributed by atoms with Crippen LogP contribution in [0.25, 0.3) is 20.2 Å². The summed E-state index contributed by atoms with van der Waals surface area (Å²) in [4.78, 5) is 12.7. The van der Waals surface area contributed by atoms with Crippen LogP contribution < -0.4 is 5.43 Å². The Hall–Kier alpha value is -1.67. The Balaban J connectivity index is 2.71. The first-order chi connectivity index (χ1) is 9.02. The highest BCUT2D eigenvalue weighted by Crippen LogP contribution is 2.32. The van der Waals surface area contributed by atoms with Crippen molar-refractivity contribution >= 4 is 31.5 Å². The lowest BCUT2D eigenvalue weighted by atomic mass is 9.95. The minimum absolute atomic E-state index is 0.174. The van der Waals surface area contributed by atoms with Crippen molar-refractivity contribution in [2.45, 2.75) is 27.7 Å². The molecule has 3 aromatic rings. The summed E-state index contributed by atoms with van der Waals surface area (Å²) < 4.78 is 2.22. The van der Waals surface area contributed by atoms with Gasteiger partial charge < -0.3 is 0 Å². The van der Waals surface area contributed by atoms with E-state index in [4.69, 9.17) is 0 Å². The number of hydrogen-bond acceptors (Lipinski definition) is 2. The summed E-state index contributed by atoms with van der Waals surface area (Å²) in [6.07, 6.45) is 0. The topological polar surface area (TPSA) is 17.1 Å². The average Bonchev–Trinajstić information content (AvgIpc) is 2.43. The molecular formula is C17H16OS. The maximum Gasteiger partial charge on any atom is 0.196 e. The summed E-state index contributed by atoms with van der Waals surface area (Å²) in [7, 11) is 0. The van der Waals surface area contributed by atoms with Gasteiger partial charge in [0.1, 0.15) is 0 Å². The molecule has 0 N–H and O–H groups in total. The molecule has 0 spiro atoms. The van der Waals surface area contributed by atoms with E-state index in [0.717, 1.165) is 25.7 Å². The molecule has 0 bridgehead atoms. The molecule has 0 aliphatic rings. The third-order valence-electron chi connectivity index (χ3n) is 4.20.